The number of rotatable bonds is 5. The van der Waals surface area contributed by atoms with Crippen molar-refractivity contribution in [1.82, 2.24) is 5.32 Å². The monoisotopic (exact) mass is 213 g/mol. The van der Waals surface area contributed by atoms with Crippen LogP contribution in [0, 0.1) is 0 Å². The summed E-state index contributed by atoms with van der Waals surface area (Å²) in [6, 6.07) is 0. The Morgan fingerprint density at radius 2 is 2.00 bits per heavy atom. The molecule has 1 amide bonds. The van der Waals surface area contributed by atoms with E-state index in [1.165, 1.54) is 0 Å². The molecule has 0 aromatic carbocycles. The summed E-state index contributed by atoms with van der Waals surface area (Å²) >= 11 is 0. The van der Waals surface area contributed by atoms with E-state index in [0.29, 0.717) is 5.57 Å². The largest absolute Gasteiger partial charge is 1.00 e. The molecule has 14 heavy (non-hydrogen) atoms. The third kappa shape index (κ3) is 9.80. The molecule has 0 aromatic heterocycles. The van der Waals surface area contributed by atoms with Gasteiger partial charge in [-0.2, -0.15) is 0 Å². The van der Waals surface area contributed by atoms with Gasteiger partial charge in [0.05, 0.1) is 10.1 Å². The predicted octanol–water partition coefficient (Wildman–Crippen LogP) is -3.38. The first-order valence-corrected chi connectivity index (χ1v) is 5.28. The maximum Gasteiger partial charge on any atom is 1.00 e. The van der Waals surface area contributed by atoms with Crippen LogP contribution in [-0.4, -0.2) is 31.2 Å². The second-order valence-electron chi connectivity index (χ2n) is 2.65. The van der Waals surface area contributed by atoms with Gasteiger partial charge in [-0.05, 0) is 13.3 Å². The predicted molar refractivity (Wildman–Crippen MR) is 47.0 cm³/mol. The molecule has 0 aliphatic rings. The van der Waals surface area contributed by atoms with E-state index in [-0.39, 0.29) is 37.7 Å². The topological polar surface area (TPSA) is 86.3 Å². The molecular weight excluding hydrogens is 201 g/mol. The quantitative estimate of drug-likeness (QED) is 0.223. The molecule has 0 saturated carbocycles. The number of nitrogens with one attached hydrogen (secondary N) is 1. The third-order valence-corrected chi connectivity index (χ3v) is 2.03. The Labute approximate surface area is 95.9 Å². The number of hydrogen-bond donors (Lipinski definition) is 1. The molecule has 1 N–H and O–H groups in total. The number of carbonyl (C=O) groups is 1. The fourth-order valence-corrected chi connectivity index (χ4v) is 1.10. The van der Waals surface area contributed by atoms with Crippen molar-refractivity contribution in [2.24, 2.45) is 0 Å². The first kappa shape index (κ1) is 16.2. The smallest absolute Gasteiger partial charge is 0.748 e. The summed E-state index contributed by atoms with van der Waals surface area (Å²) in [5, 5.41) is 2.41. The summed E-state index contributed by atoms with van der Waals surface area (Å²) in [5.74, 6) is -0.785. The molecule has 0 spiro atoms. The zero-order valence-corrected chi connectivity index (χ0v) is 9.19. The van der Waals surface area contributed by atoms with Crippen molar-refractivity contribution >= 4 is 16.0 Å². The van der Waals surface area contributed by atoms with Crippen molar-refractivity contribution in [3.8, 4) is 0 Å². The second-order valence-corrected chi connectivity index (χ2v) is 4.18. The van der Waals surface area contributed by atoms with Crippen LogP contribution in [0.15, 0.2) is 12.2 Å². The maximum atomic E-state index is 10.8. The molecule has 0 aromatic rings. The summed E-state index contributed by atoms with van der Waals surface area (Å²) in [6.07, 6.45) is 0.130. The van der Waals surface area contributed by atoms with Gasteiger partial charge < -0.3 is 9.87 Å². The Balaban J connectivity index is 0. The van der Waals surface area contributed by atoms with Crippen molar-refractivity contribution in [3.05, 3.63) is 12.2 Å². The van der Waals surface area contributed by atoms with Gasteiger partial charge in [-0.3, -0.25) is 4.79 Å². The van der Waals surface area contributed by atoms with E-state index in [0.717, 1.165) is 0 Å². The molecule has 0 rings (SSSR count). The molecule has 0 radical (unpaired) electrons. The van der Waals surface area contributed by atoms with Crippen LogP contribution < -0.4 is 24.2 Å². The van der Waals surface area contributed by atoms with Crippen molar-refractivity contribution < 1.29 is 36.6 Å². The molecule has 7 heteroatoms. The Bertz CT molecular complexity index is 299. The van der Waals surface area contributed by atoms with Crippen LogP contribution in [0.1, 0.15) is 13.3 Å². The minimum atomic E-state index is -4.17. The summed E-state index contributed by atoms with van der Waals surface area (Å²) in [6.45, 7) is 5.11. The van der Waals surface area contributed by atoms with Crippen molar-refractivity contribution in [1.29, 1.82) is 0 Å². The van der Waals surface area contributed by atoms with Crippen LogP contribution in [0.4, 0.5) is 0 Å². The number of carbonyl (C=O) groups excluding carboxylic acids is 1. The van der Waals surface area contributed by atoms with E-state index in [2.05, 4.69) is 11.9 Å². The fourth-order valence-electron chi connectivity index (χ4n) is 0.602. The SMILES string of the molecule is C=C(C)C(=O)NCCCS(=O)(=O)[O-].[Li+]. The molecule has 0 fully saturated rings. The molecule has 0 bridgehead atoms. The molecule has 0 aliphatic heterocycles. The van der Waals surface area contributed by atoms with Crippen LogP contribution in [-0.2, 0) is 14.9 Å². The molecule has 0 atom stereocenters. The van der Waals surface area contributed by atoms with E-state index in [9.17, 15) is 17.8 Å². The van der Waals surface area contributed by atoms with Gasteiger partial charge in [-0.15, -0.1) is 0 Å². The van der Waals surface area contributed by atoms with E-state index in [1.54, 1.807) is 6.92 Å². The van der Waals surface area contributed by atoms with Crippen LogP contribution in [0.2, 0.25) is 0 Å². The van der Waals surface area contributed by atoms with Crippen LogP contribution >= 0.6 is 0 Å². The molecule has 0 heterocycles. The normalized spacial score (nSPS) is 10.1. The van der Waals surface area contributed by atoms with E-state index in [4.69, 9.17) is 0 Å². The first-order chi connectivity index (χ1) is 5.83. The maximum absolute atomic E-state index is 10.8. The summed E-state index contributed by atoms with van der Waals surface area (Å²) in [4.78, 5) is 10.8. The van der Waals surface area contributed by atoms with Crippen LogP contribution in [0.5, 0.6) is 0 Å². The van der Waals surface area contributed by atoms with E-state index in [1.807, 2.05) is 0 Å². The van der Waals surface area contributed by atoms with Crippen molar-refractivity contribution in [3.63, 3.8) is 0 Å². The Kier molecular flexibility index (Phi) is 8.16. The molecule has 0 unspecified atom stereocenters. The third-order valence-electron chi connectivity index (χ3n) is 1.24. The molecular formula is C7H12LiNO4S. The van der Waals surface area contributed by atoms with Gasteiger partial charge in [0.2, 0.25) is 5.91 Å². The van der Waals surface area contributed by atoms with E-state index < -0.39 is 15.9 Å². The summed E-state index contributed by atoms with van der Waals surface area (Å²) < 4.78 is 30.4. The zero-order valence-electron chi connectivity index (χ0n) is 8.37. The average Bonchev–Trinajstić information content (AvgIpc) is 1.95. The molecule has 0 aliphatic carbocycles. The second kappa shape index (κ2) is 7.07. The fraction of sp³-hybridized carbons (Fsp3) is 0.571. The van der Waals surface area contributed by atoms with E-state index >= 15 is 0 Å². The van der Waals surface area contributed by atoms with Gasteiger partial charge in [0.1, 0.15) is 0 Å². The molecule has 76 valence electrons. The number of amides is 1. The minimum Gasteiger partial charge on any atom is -0.748 e. The van der Waals surface area contributed by atoms with Gasteiger partial charge in [-0.25, -0.2) is 8.42 Å². The van der Waals surface area contributed by atoms with Gasteiger partial charge in [0.15, 0.2) is 0 Å². The summed E-state index contributed by atoms with van der Waals surface area (Å²) in [7, 11) is -4.17. The van der Waals surface area contributed by atoms with Crippen molar-refractivity contribution in [2.75, 3.05) is 12.3 Å². The minimum absolute atomic E-state index is 0. The Hall–Kier alpha value is -0.283. The van der Waals surface area contributed by atoms with Gasteiger partial charge in [-0.1, -0.05) is 6.58 Å². The van der Waals surface area contributed by atoms with Gasteiger partial charge in [0.25, 0.3) is 0 Å². The zero-order chi connectivity index (χ0) is 10.5. The first-order valence-electron chi connectivity index (χ1n) is 3.70. The van der Waals surface area contributed by atoms with Gasteiger partial charge in [0, 0.05) is 17.9 Å². The Morgan fingerprint density at radius 3 is 2.36 bits per heavy atom. The van der Waals surface area contributed by atoms with Crippen molar-refractivity contribution in [2.45, 2.75) is 13.3 Å². The Morgan fingerprint density at radius 1 is 1.50 bits per heavy atom. The standard InChI is InChI=1S/C7H13NO4S.Li/c1-6(2)7(9)8-4-3-5-13(10,11)12;/h1,3-5H2,2H3,(H,8,9)(H,10,11,12);/q;+1/p-1. The summed E-state index contributed by atoms with van der Waals surface area (Å²) in [5.41, 5.74) is 0.352. The number of hydrogen-bond acceptors (Lipinski definition) is 4. The molecule has 0 saturated heterocycles. The van der Waals surface area contributed by atoms with Crippen LogP contribution in [0.25, 0.3) is 0 Å². The van der Waals surface area contributed by atoms with Gasteiger partial charge >= 0.3 is 18.9 Å². The van der Waals surface area contributed by atoms with Crippen LogP contribution in [0.3, 0.4) is 0 Å². The molecule has 5 nitrogen and oxygen atoms in total. The average molecular weight is 213 g/mol.